The molecule has 10 heteroatoms. The van der Waals surface area contributed by atoms with E-state index in [4.69, 9.17) is 23.6 Å². The molecular formula is C48H87O9P. The van der Waals surface area contributed by atoms with Crippen LogP contribution in [0.25, 0.3) is 0 Å². The van der Waals surface area contributed by atoms with E-state index in [1.165, 1.54) is 89.9 Å². The molecule has 0 amide bonds. The molecule has 0 spiro atoms. The second-order valence-electron chi connectivity index (χ2n) is 15.4. The van der Waals surface area contributed by atoms with Gasteiger partial charge in [-0.25, -0.2) is 4.57 Å². The van der Waals surface area contributed by atoms with Crippen molar-refractivity contribution < 1.29 is 43.0 Å². The summed E-state index contributed by atoms with van der Waals surface area (Å²) in [6.07, 6.45) is 51.7. The van der Waals surface area contributed by atoms with E-state index < -0.39 is 39.2 Å². The lowest BCUT2D eigenvalue weighted by molar-refractivity contribution is -0.154. The zero-order valence-electron chi connectivity index (χ0n) is 37.0. The van der Waals surface area contributed by atoms with Crippen LogP contribution in [0.3, 0.4) is 0 Å². The summed E-state index contributed by atoms with van der Waals surface area (Å²) in [6.45, 7) is 3.44. The number of aliphatic hydroxyl groups is 2. The Bertz CT molecular complexity index is 1090. The highest BCUT2D eigenvalue weighted by Gasteiger charge is 2.26. The Morgan fingerprint density at radius 3 is 1.40 bits per heavy atom. The maximum absolute atomic E-state index is 12.6. The number of aliphatic hydroxyl groups excluding tert-OH is 2. The van der Waals surface area contributed by atoms with Gasteiger partial charge in [0.15, 0.2) is 0 Å². The van der Waals surface area contributed by atoms with E-state index in [1.807, 2.05) is 0 Å². The predicted molar refractivity (Wildman–Crippen MR) is 242 cm³/mol. The van der Waals surface area contributed by atoms with Crippen LogP contribution in [0.1, 0.15) is 194 Å². The van der Waals surface area contributed by atoms with E-state index in [2.05, 4.69) is 74.6 Å². The smallest absolute Gasteiger partial charge is 0.457 e. The van der Waals surface area contributed by atoms with E-state index in [-0.39, 0.29) is 19.6 Å². The zero-order valence-corrected chi connectivity index (χ0v) is 37.9. The standard InChI is InChI=1S/C48H87O9P/c1-3-5-7-9-11-13-15-17-19-21-23-24-26-28-30-32-34-36-38-40-48(51)57-47(45-56-58(52,53)55-43-46(50)42-49)44-54-41-39-37-35-33-31-29-27-25-22-20-18-16-14-12-10-8-6-4-2/h11-14,17-20,23-24,46-47,49-50H,3-10,15-16,21-22,25-45H2,1-2H3,(H,52,53)/b13-11-,14-12-,19-17-,20-18-,24-23-. The van der Waals surface area contributed by atoms with Crippen LogP contribution in [0.2, 0.25) is 0 Å². The van der Waals surface area contributed by atoms with Gasteiger partial charge in [-0.1, -0.05) is 164 Å². The molecule has 0 aliphatic rings. The van der Waals surface area contributed by atoms with Crippen molar-refractivity contribution >= 4 is 13.8 Å². The minimum absolute atomic E-state index is 0.0377. The van der Waals surface area contributed by atoms with Gasteiger partial charge in [0.1, 0.15) is 12.2 Å². The molecule has 0 fully saturated rings. The third-order valence-corrected chi connectivity index (χ3v) is 10.6. The number of rotatable bonds is 44. The molecule has 0 radical (unpaired) electrons. The summed E-state index contributed by atoms with van der Waals surface area (Å²) in [5, 5.41) is 18.4. The van der Waals surface area contributed by atoms with Crippen LogP contribution in [-0.4, -0.2) is 66.3 Å². The van der Waals surface area contributed by atoms with Crippen LogP contribution in [0, 0.1) is 0 Å². The molecule has 0 heterocycles. The third-order valence-electron chi connectivity index (χ3n) is 9.68. The highest BCUT2D eigenvalue weighted by Crippen LogP contribution is 2.43. The lowest BCUT2D eigenvalue weighted by Crippen LogP contribution is -2.29. The van der Waals surface area contributed by atoms with Crippen LogP contribution in [-0.2, 0) is 27.9 Å². The average molecular weight is 839 g/mol. The summed E-state index contributed by atoms with van der Waals surface area (Å²) in [7, 11) is -4.53. The predicted octanol–water partition coefficient (Wildman–Crippen LogP) is 13.1. The van der Waals surface area contributed by atoms with Gasteiger partial charge in [0.2, 0.25) is 0 Å². The molecule has 0 saturated carbocycles. The normalized spacial score (nSPS) is 14.5. The number of ether oxygens (including phenoxy) is 2. The number of phosphoric ester groups is 1. The van der Waals surface area contributed by atoms with Gasteiger partial charge in [0.25, 0.3) is 0 Å². The molecule has 0 bridgehead atoms. The fourth-order valence-electron chi connectivity index (χ4n) is 6.10. The van der Waals surface area contributed by atoms with Crippen molar-refractivity contribution in [3.8, 4) is 0 Å². The van der Waals surface area contributed by atoms with Gasteiger partial charge >= 0.3 is 13.8 Å². The Morgan fingerprint density at radius 2 is 0.931 bits per heavy atom. The van der Waals surface area contributed by atoms with Crippen LogP contribution in [0.15, 0.2) is 60.8 Å². The lowest BCUT2D eigenvalue weighted by atomic mass is 10.1. The van der Waals surface area contributed by atoms with E-state index in [1.54, 1.807) is 0 Å². The Balaban J connectivity index is 4.18. The highest BCUT2D eigenvalue weighted by molar-refractivity contribution is 7.47. The maximum atomic E-state index is 12.6. The molecule has 0 rings (SSSR count). The number of phosphoric acid groups is 1. The first-order chi connectivity index (χ1) is 28.3. The second kappa shape index (κ2) is 44.7. The Kier molecular flexibility index (Phi) is 43.3. The Labute approximate surface area is 355 Å². The molecule has 0 aliphatic heterocycles. The van der Waals surface area contributed by atoms with Crippen molar-refractivity contribution in [1.82, 2.24) is 0 Å². The number of esters is 1. The summed E-state index contributed by atoms with van der Waals surface area (Å²) in [5.74, 6) is -0.398. The van der Waals surface area contributed by atoms with Gasteiger partial charge in [-0.15, -0.1) is 0 Å². The maximum Gasteiger partial charge on any atom is 0.472 e. The number of hydrogen-bond acceptors (Lipinski definition) is 8. The van der Waals surface area contributed by atoms with Gasteiger partial charge in [-0.2, -0.15) is 0 Å². The topological polar surface area (TPSA) is 132 Å². The number of carbonyl (C=O) groups is 1. The zero-order chi connectivity index (χ0) is 42.5. The summed E-state index contributed by atoms with van der Waals surface area (Å²) in [4.78, 5) is 22.6. The van der Waals surface area contributed by atoms with Crippen molar-refractivity contribution in [2.75, 3.05) is 33.0 Å². The molecule has 3 N–H and O–H groups in total. The van der Waals surface area contributed by atoms with E-state index in [9.17, 15) is 19.4 Å². The van der Waals surface area contributed by atoms with Crippen LogP contribution in [0.5, 0.6) is 0 Å². The monoisotopic (exact) mass is 839 g/mol. The molecule has 3 unspecified atom stereocenters. The molecule has 0 aromatic heterocycles. The number of hydrogen-bond donors (Lipinski definition) is 3. The van der Waals surface area contributed by atoms with Gasteiger partial charge < -0.3 is 24.6 Å². The molecular weight excluding hydrogens is 751 g/mol. The molecule has 0 aliphatic carbocycles. The largest absolute Gasteiger partial charge is 0.472 e. The van der Waals surface area contributed by atoms with E-state index in [0.29, 0.717) is 13.0 Å². The summed E-state index contributed by atoms with van der Waals surface area (Å²) in [5.41, 5.74) is 0. The molecule has 3 atom stereocenters. The minimum atomic E-state index is -4.53. The van der Waals surface area contributed by atoms with Gasteiger partial charge in [-0.05, 0) is 83.5 Å². The molecule has 9 nitrogen and oxygen atoms in total. The Morgan fingerprint density at radius 1 is 0.534 bits per heavy atom. The third kappa shape index (κ3) is 43.7. The van der Waals surface area contributed by atoms with Gasteiger partial charge in [-0.3, -0.25) is 13.8 Å². The van der Waals surface area contributed by atoms with Crippen molar-refractivity contribution in [3.63, 3.8) is 0 Å². The first-order valence-electron chi connectivity index (χ1n) is 23.3. The number of carbonyl (C=O) groups excluding carboxylic acids is 1. The Hall–Kier alpha value is -1.84. The van der Waals surface area contributed by atoms with E-state index >= 15 is 0 Å². The highest BCUT2D eigenvalue weighted by atomic mass is 31.2. The average Bonchev–Trinajstić information content (AvgIpc) is 3.21. The summed E-state index contributed by atoms with van der Waals surface area (Å²) in [6, 6.07) is 0. The second-order valence-corrected chi connectivity index (χ2v) is 16.9. The van der Waals surface area contributed by atoms with Crippen molar-refractivity contribution in [2.24, 2.45) is 0 Å². The summed E-state index contributed by atoms with van der Waals surface area (Å²) >= 11 is 0. The minimum Gasteiger partial charge on any atom is -0.457 e. The number of allylic oxidation sites excluding steroid dienone is 10. The fraction of sp³-hybridized carbons (Fsp3) is 0.771. The van der Waals surface area contributed by atoms with Crippen molar-refractivity contribution in [1.29, 1.82) is 0 Å². The molecule has 0 aromatic carbocycles. The van der Waals surface area contributed by atoms with Crippen molar-refractivity contribution in [2.45, 2.75) is 206 Å². The molecule has 338 valence electrons. The fourth-order valence-corrected chi connectivity index (χ4v) is 6.89. The first-order valence-corrected chi connectivity index (χ1v) is 24.8. The van der Waals surface area contributed by atoms with Gasteiger partial charge in [0.05, 0.1) is 26.4 Å². The van der Waals surface area contributed by atoms with Crippen molar-refractivity contribution in [3.05, 3.63) is 60.8 Å². The van der Waals surface area contributed by atoms with Crippen LogP contribution >= 0.6 is 7.82 Å². The molecule has 58 heavy (non-hydrogen) atoms. The number of unbranched alkanes of at least 4 members (excludes halogenated alkanes) is 20. The van der Waals surface area contributed by atoms with Gasteiger partial charge in [0, 0.05) is 13.0 Å². The molecule has 0 aromatic rings. The lowest BCUT2D eigenvalue weighted by Gasteiger charge is -2.20. The first kappa shape index (κ1) is 56.2. The molecule has 0 saturated heterocycles. The summed E-state index contributed by atoms with van der Waals surface area (Å²) < 4.78 is 33.4. The SMILES string of the molecule is CCCCC/C=C\C/C=C\C/C=C\CCCCCCCCC(=O)OC(COCCCCCCCCCC/C=C\C/C=C\CCCCC)COP(=O)(O)OCC(O)CO. The van der Waals surface area contributed by atoms with Crippen LogP contribution in [0.4, 0.5) is 0 Å². The van der Waals surface area contributed by atoms with Crippen LogP contribution < -0.4 is 0 Å². The quantitative estimate of drug-likeness (QED) is 0.0237. The van der Waals surface area contributed by atoms with E-state index in [0.717, 1.165) is 77.0 Å².